The lowest BCUT2D eigenvalue weighted by atomic mass is 10.2. The summed E-state index contributed by atoms with van der Waals surface area (Å²) in [5, 5.41) is 2.60. The van der Waals surface area contributed by atoms with Gasteiger partial charge in [0.15, 0.2) is 0 Å². The van der Waals surface area contributed by atoms with Crippen molar-refractivity contribution in [3.05, 3.63) is 29.8 Å². The van der Waals surface area contributed by atoms with Gasteiger partial charge in [-0.3, -0.25) is 14.0 Å². The number of benzene rings is 1. The fraction of sp³-hybridized carbons (Fsp3) is 0.562. The summed E-state index contributed by atoms with van der Waals surface area (Å²) in [6, 6.07) is 3.87. The second-order valence-electron chi connectivity index (χ2n) is 6.12. The fourth-order valence-electron chi connectivity index (χ4n) is 2.60. The Balaban J connectivity index is 2.01. The Labute approximate surface area is 156 Å². The van der Waals surface area contributed by atoms with E-state index in [0.717, 1.165) is 31.5 Å². The molecule has 1 aromatic rings. The summed E-state index contributed by atoms with van der Waals surface area (Å²) in [5.41, 5.74) is -1.20. The zero-order chi connectivity index (χ0) is 20.1. The van der Waals surface area contributed by atoms with E-state index in [0.29, 0.717) is 36.7 Å². The van der Waals surface area contributed by atoms with Crippen LogP contribution in [0.5, 0.6) is 0 Å². The van der Waals surface area contributed by atoms with Crippen LogP contribution in [0.2, 0.25) is 0 Å². The van der Waals surface area contributed by atoms with Gasteiger partial charge in [-0.05, 0) is 18.2 Å². The minimum absolute atomic E-state index is 0.212. The fourth-order valence-corrected chi connectivity index (χ4v) is 3.45. The molecule has 1 heterocycles. The van der Waals surface area contributed by atoms with E-state index in [2.05, 4.69) is 10.2 Å². The number of nitrogens with zero attached hydrogens (tertiary/aromatic N) is 2. The molecule has 0 aromatic heterocycles. The Hall–Kier alpha value is -1.85. The number of nitrogens with one attached hydrogen (secondary N) is 1. The number of rotatable bonds is 7. The molecule has 7 nitrogen and oxygen atoms in total. The highest BCUT2D eigenvalue weighted by atomic mass is 32.2. The average Bonchev–Trinajstić information content (AvgIpc) is 2.59. The number of sulfonamides is 1. The predicted octanol–water partition coefficient (Wildman–Crippen LogP) is 0.920. The minimum Gasteiger partial charge on any atom is -0.379 e. The van der Waals surface area contributed by atoms with Gasteiger partial charge in [0.25, 0.3) is 0 Å². The van der Waals surface area contributed by atoms with Crippen LogP contribution < -0.4 is 9.62 Å². The molecule has 1 saturated heterocycles. The van der Waals surface area contributed by atoms with Gasteiger partial charge in [-0.2, -0.15) is 13.2 Å². The molecule has 0 saturated carbocycles. The lowest BCUT2D eigenvalue weighted by molar-refractivity contribution is -0.137. The molecule has 2 rings (SSSR count). The highest BCUT2D eigenvalue weighted by Gasteiger charge is 2.32. The van der Waals surface area contributed by atoms with E-state index >= 15 is 0 Å². The van der Waals surface area contributed by atoms with Crippen LogP contribution in [0.1, 0.15) is 5.56 Å². The lowest BCUT2D eigenvalue weighted by Crippen LogP contribution is -2.44. The van der Waals surface area contributed by atoms with E-state index in [1.165, 1.54) is 6.07 Å². The third-order valence-corrected chi connectivity index (χ3v) is 5.14. The SMILES string of the molecule is CS(=O)(=O)N(CC(=O)NCCN1CCOCC1)c1cccc(C(F)(F)F)c1. The van der Waals surface area contributed by atoms with Crippen molar-refractivity contribution >= 4 is 21.6 Å². The van der Waals surface area contributed by atoms with Gasteiger partial charge in [-0.15, -0.1) is 0 Å². The van der Waals surface area contributed by atoms with Gasteiger partial charge in [-0.25, -0.2) is 8.42 Å². The number of anilines is 1. The number of amides is 1. The molecular formula is C16H22F3N3O4S. The molecular weight excluding hydrogens is 387 g/mol. The van der Waals surface area contributed by atoms with Crippen LogP contribution in [0.3, 0.4) is 0 Å². The first-order valence-electron chi connectivity index (χ1n) is 8.29. The number of hydrogen-bond donors (Lipinski definition) is 1. The summed E-state index contributed by atoms with van der Waals surface area (Å²) in [5.74, 6) is -0.592. The topological polar surface area (TPSA) is 79.0 Å². The molecule has 0 unspecified atom stereocenters. The number of ether oxygens (including phenoxy) is 1. The summed E-state index contributed by atoms with van der Waals surface area (Å²) in [6.45, 7) is 3.02. The zero-order valence-electron chi connectivity index (χ0n) is 14.8. The maximum Gasteiger partial charge on any atom is 0.416 e. The Bertz CT molecular complexity index is 750. The normalized spacial score (nSPS) is 16.1. The highest BCUT2D eigenvalue weighted by molar-refractivity contribution is 7.92. The van der Waals surface area contributed by atoms with Crippen molar-refractivity contribution in [1.29, 1.82) is 0 Å². The number of carbonyl (C=O) groups is 1. The Morgan fingerprint density at radius 3 is 2.56 bits per heavy atom. The van der Waals surface area contributed by atoms with Crippen molar-refractivity contribution in [2.75, 3.05) is 56.5 Å². The second-order valence-corrected chi connectivity index (χ2v) is 8.03. The molecule has 1 aliphatic rings. The van der Waals surface area contributed by atoms with Gasteiger partial charge in [-0.1, -0.05) is 6.07 Å². The van der Waals surface area contributed by atoms with Crippen LogP contribution in [0.4, 0.5) is 18.9 Å². The van der Waals surface area contributed by atoms with Crippen molar-refractivity contribution in [3.8, 4) is 0 Å². The van der Waals surface area contributed by atoms with Crippen molar-refractivity contribution in [2.45, 2.75) is 6.18 Å². The molecule has 0 spiro atoms. The van der Waals surface area contributed by atoms with E-state index in [-0.39, 0.29) is 5.69 Å². The summed E-state index contributed by atoms with van der Waals surface area (Å²) in [7, 11) is -3.94. The number of alkyl halides is 3. The van der Waals surface area contributed by atoms with E-state index in [1.807, 2.05) is 0 Å². The number of halogens is 3. The van der Waals surface area contributed by atoms with E-state index in [4.69, 9.17) is 4.74 Å². The predicted molar refractivity (Wildman–Crippen MR) is 93.9 cm³/mol. The Morgan fingerprint density at radius 2 is 1.96 bits per heavy atom. The Morgan fingerprint density at radius 1 is 1.30 bits per heavy atom. The average molecular weight is 409 g/mol. The number of carbonyl (C=O) groups excluding carboxylic acids is 1. The summed E-state index contributed by atoms with van der Waals surface area (Å²) in [6.07, 6.45) is -3.77. The standard InChI is InChI=1S/C16H22F3N3O4S/c1-27(24,25)22(14-4-2-3-13(11-14)16(17,18)19)12-15(23)20-5-6-21-7-9-26-10-8-21/h2-4,11H,5-10,12H2,1H3,(H,20,23). The van der Waals surface area contributed by atoms with Gasteiger partial charge >= 0.3 is 6.18 Å². The van der Waals surface area contributed by atoms with Crippen molar-refractivity contribution < 1.29 is 31.1 Å². The monoisotopic (exact) mass is 409 g/mol. The Kier molecular flexibility index (Phi) is 7.06. The van der Waals surface area contributed by atoms with Crippen LogP contribution in [0, 0.1) is 0 Å². The van der Waals surface area contributed by atoms with Gasteiger partial charge < -0.3 is 10.1 Å². The van der Waals surface area contributed by atoms with Crippen molar-refractivity contribution in [2.24, 2.45) is 0 Å². The summed E-state index contributed by atoms with van der Waals surface area (Å²) in [4.78, 5) is 14.2. The van der Waals surface area contributed by atoms with E-state index in [1.54, 1.807) is 0 Å². The molecule has 0 atom stereocenters. The second kappa shape index (κ2) is 8.89. The van der Waals surface area contributed by atoms with Gasteiger partial charge in [0.1, 0.15) is 6.54 Å². The van der Waals surface area contributed by atoms with E-state index in [9.17, 15) is 26.4 Å². The van der Waals surface area contributed by atoms with Crippen molar-refractivity contribution in [1.82, 2.24) is 10.2 Å². The maximum absolute atomic E-state index is 12.9. The molecule has 1 aromatic carbocycles. The highest BCUT2D eigenvalue weighted by Crippen LogP contribution is 2.32. The third-order valence-electron chi connectivity index (χ3n) is 4.00. The smallest absolute Gasteiger partial charge is 0.379 e. The van der Waals surface area contributed by atoms with Crippen LogP contribution in [0.15, 0.2) is 24.3 Å². The van der Waals surface area contributed by atoms with Crippen LogP contribution in [-0.2, 0) is 25.7 Å². The zero-order valence-corrected chi connectivity index (χ0v) is 15.6. The largest absolute Gasteiger partial charge is 0.416 e. The lowest BCUT2D eigenvalue weighted by Gasteiger charge is -2.27. The van der Waals surface area contributed by atoms with Gasteiger partial charge in [0.2, 0.25) is 15.9 Å². The first kappa shape index (κ1) is 21.5. The number of hydrogen-bond acceptors (Lipinski definition) is 5. The minimum atomic E-state index is -4.61. The molecule has 1 N–H and O–H groups in total. The first-order valence-corrected chi connectivity index (χ1v) is 10.1. The molecule has 11 heteroatoms. The maximum atomic E-state index is 12.9. The first-order chi connectivity index (χ1) is 12.6. The molecule has 0 bridgehead atoms. The molecule has 1 aliphatic heterocycles. The molecule has 152 valence electrons. The molecule has 0 radical (unpaired) electrons. The van der Waals surface area contributed by atoms with Gasteiger partial charge in [0.05, 0.1) is 30.7 Å². The van der Waals surface area contributed by atoms with Gasteiger partial charge in [0, 0.05) is 26.2 Å². The molecule has 27 heavy (non-hydrogen) atoms. The summed E-state index contributed by atoms with van der Waals surface area (Å²) >= 11 is 0. The summed E-state index contributed by atoms with van der Waals surface area (Å²) < 4.78 is 68.5. The van der Waals surface area contributed by atoms with Crippen LogP contribution in [-0.4, -0.2) is 71.4 Å². The quantitative estimate of drug-likeness (QED) is 0.725. The van der Waals surface area contributed by atoms with Crippen molar-refractivity contribution in [3.63, 3.8) is 0 Å². The van der Waals surface area contributed by atoms with E-state index < -0.39 is 34.2 Å². The molecule has 1 fully saturated rings. The van der Waals surface area contributed by atoms with Crippen LogP contribution >= 0.6 is 0 Å². The van der Waals surface area contributed by atoms with Crippen LogP contribution in [0.25, 0.3) is 0 Å². The number of morpholine rings is 1. The molecule has 0 aliphatic carbocycles. The molecule has 1 amide bonds. The third kappa shape index (κ3) is 6.67.